The Bertz CT molecular complexity index is 421. The number of alkyl halides is 3. The van der Waals surface area contributed by atoms with E-state index in [4.69, 9.17) is 5.84 Å². The van der Waals surface area contributed by atoms with Crippen molar-refractivity contribution in [3.63, 3.8) is 0 Å². The summed E-state index contributed by atoms with van der Waals surface area (Å²) < 4.78 is 50.7. The van der Waals surface area contributed by atoms with Gasteiger partial charge in [0.2, 0.25) is 0 Å². The van der Waals surface area contributed by atoms with Gasteiger partial charge in [0.15, 0.2) is 0 Å². The highest BCUT2D eigenvalue weighted by molar-refractivity contribution is 5.29. The molecule has 1 atom stereocenters. The van der Waals surface area contributed by atoms with Crippen molar-refractivity contribution in [3.05, 3.63) is 35.1 Å². The van der Waals surface area contributed by atoms with Gasteiger partial charge in [-0.25, -0.2) is 4.39 Å². The van der Waals surface area contributed by atoms with Gasteiger partial charge in [-0.1, -0.05) is 26.8 Å². The summed E-state index contributed by atoms with van der Waals surface area (Å²) in [5.41, 5.74) is 1.27. The first kappa shape index (κ1) is 14.9. The standard InChI is InChI=1S/C12H16F4N2/c1-11(2,3)10(18-17)7-4-5-8(9(13)6-7)12(14,15)16/h4-6,10,18H,17H2,1-3H3. The van der Waals surface area contributed by atoms with Crippen molar-refractivity contribution in [2.24, 2.45) is 11.3 Å². The van der Waals surface area contributed by atoms with E-state index in [0.29, 0.717) is 5.56 Å². The van der Waals surface area contributed by atoms with E-state index in [9.17, 15) is 17.6 Å². The summed E-state index contributed by atoms with van der Waals surface area (Å²) in [7, 11) is 0. The minimum Gasteiger partial charge on any atom is -0.271 e. The molecule has 1 aromatic carbocycles. The van der Waals surface area contributed by atoms with Crippen LogP contribution in [-0.4, -0.2) is 0 Å². The quantitative estimate of drug-likeness (QED) is 0.488. The average molecular weight is 264 g/mol. The number of rotatable bonds is 2. The highest BCUT2D eigenvalue weighted by atomic mass is 19.4. The Hall–Kier alpha value is -1.14. The van der Waals surface area contributed by atoms with Crippen LogP contribution in [0.3, 0.4) is 0 Å². The van der Waals surface area contributed by atoms with E-state index in [-0.39, 0.29) is 5.41 Å². The fraction of sp³-hybridized carbons (Fsp3) is 0.500. The van der Waals surface area contributed by atoms with Gasteiger partial charge >= 0.3 is 6.18 Å². The number of nitrogens with one attached hydrogen (secondary N) is 1. The van der Waals surface area contributed by atoms with Gasteiger partial charge in [0, 0.05) is 0 Å². The smallest absolute Gasteiger partial charge is 0.271 e. The van der Waals surface area contributed by atoms with Gasteiger partial charge in [-0.05, 0) is 23.1 Å². The molecule has 0 aliphatic rings. The molecule has 0 bridgehead atoms. The molecule has 3 N–H and O–H groups in total. The predicted molar refractivity (Wildman–Crippen MR) is 60.9 cm³/mol. The van der Waals surface area contributed by atoms with E-state index in [1.54, 1.807) is 0 Å². The number of hydrazine groups is 1. The molecule has 18 heavy (non-hydrogen) atoms. The SMILES string of the molecule is CC(C)(C)C(NN)c1ccc(C(F)(F)F)c(F)c1. The van der Waals surface area contributed by atoms with Crippen LogP contribution in [0.5, 0.6) is 0 Å². The first-order valence-corrected chi connectivity index (χ1v) is 5.40. The van der Waals surface area contributed by atoms with E-state index in [2.05, 4.69) is 5.43 Å². The monoisotopic (exact) mass is 264 g/mol. The Morgan fingerprint density at radius 3 is 2.06 bits per heavy atom. The lowest BCUT2D eigenvalue weighted by Gasteiger charge is -2.30. The van der Waals surface area contributed by atoms with E-state index in [1.807, 2.05) is 20.8 Å². The molecule has 0 amide bonds. The average Bonchev–Trinajstić information content (AvgIpc) is 2.14. The third-order valence-electron chi connectivity index (χ3n) is 2.66. The number of hydrogen-bond acceptors (Lipinski definition) is 2. The Morgan fingerprint density at radius 2 is 1.72 bits per heavy atom. The van der Waals surface area contributed by atoms with Gasteiger partial charge in [0.25, 0.3) is 0 Å². The second-order valence-corrected chi connectivity index (χ2v) is 5.20. The van der Waals surface area contributed by atoms with Crippen molar-refractivity contribution in [1.82, 2.24) is 5.43 Å². The molecule has 0 saturated heterocycles. The summed E-state index contributed by atoms with van der Waals surface area (Å²) in [6.07, 6.45) is -4.68. The normalized spacial score (nSPS) is 14.7. The predicted octanol–water partition coefficient (Wildman–Crippen LogP) is 3.40. The number of benzene rings is 1. The van der Waals surface area contributed by atoms with Crippen LogP contribution in [0.1, 0.15) is 37.9 Å². The number of nitrogens with two attached hydrogens (primary N) is 1. The van der Waals surface area contributed by atoms with Gasteiger partial charge < -0.3 is 0 Å². The molecule has 102 valence electrons. The van der Waals surface area contributed by atoms with Gasteiger partial charge in [0.05, 0.1) is 11.6 Å². The molecule has 2 nitrogen and oxygen atoms in total. The second-order valence-electron chi connectivity index (χ2n) is 5.20. The summed E-state index contributed by atoms with van der Waals surface area (Å²) in [6.45, 7) is 5.56. The zero-order valence-corrected chi connectivity index (χ0v) is 10.4. The van der Waals surface area contributed by atoms with Gasteiger partial charge in [-0.2, -0.15) is 13.2 Å². The molecule has 0 aliphatic heterocycles. The van der Waals surface area contributed by atoms with Crippen molar-refractivity contribution in [2.45, 2.75) is 33.0 Å². The maximum absolute atomic E-state index is 13.4. The number of hydrogen-bond donors (Lipinski definition) is 2. The third-order valence-corrected chi connectivity index (χ3v) is 2.66. The fourth-order valence-electron chi connectivity index (χ4n) is 1.79. The molecule has 1 aromatic rings. The highest BCUT2D eigenvalue weighted by Gasteiger charge is 2.35. The lowest BCUT2D eigenvalue weighted by molar-refractivity contribution is -0.140. The molecule has 0 heterocycles. The first-order chi connectivity index (χ1) is 8.07. The molecule has 0 saturated carbocycles. The van der Waals surface area contributed by atoms with E-state index in [0.717, 1.165) is 12.1 Å². The summed E-state index contributed by atoms with van der Waals surface area (Å²) in [6, 6.07) is 2.41. The van der Waals surface area contributed by atoms with Gasteiger partial charge in [0.1, 0.15) is 5.82 Å². The van der Waals surface area contributed by atoms with Crippen molar-refractivity contribution in [1.29, 1.82) is 0 Å². The Labute approximate surface area is 103 Å². The molecular formula is C12H16F4N2. The molecule has 1 unspecified atom stereocenters. The maximum Gasteiger partial charge on any atom is 0.419 e. The van der Waals surface area contributed by atoms with Crippen LogP contribution in [-0.2, 0) is 6.18 Å². The Kier molecular flexibility index (Phi) is 4.02. The zero-order chi connectivity index (χ0) is 14.1. The molecule has 0 spiro atoms. The maximum atomic E-state index is 13.4. The van der Waals surface area contributed by atoms with Crippen molar-refractivity contribution < 1.29 is 17.6 Å². The van der Waals surface area contributed by atoms with Crippen molar-refractivity contribution in [2.75, 3.05) is 0 Å². The van der Waals surface area contributed by atoms with Gasteiger partial charge in [-0.15, -0.1) is 0 Å². The van der Waals surface area contributed by atoms with E-state index < -0.39 is 23.6 Å². The molecule has 0 aromatic heterocycles. The van der Waals surface area contributed by atoms with Crippen molar-refractivity contribution >= 4 is 0 Å². The topological polar surface area (TPSA) is 38.0 Å². The van der Waals surface area contributed by atoms with Crippen LogP contribution in [0.25, 0.3) is 0 Å². The van der Waals surface area contributed by atoms with Crippen molar-refractivity contribution in [3.8, 4) is 0 Å². The molecule has 0 aliphatic carbocycles. The Balaban J connectivity index is 3.19. The summed E-state index contributed by atoms with van der Waals surface area (Å²) in [5, 5.41) is 0. The molecule has 1 rings (SSSR count). The molecular weight excluding hydrogens is 248 g/mol. The minimum absolute atomic E-state index is 0.346. The van der Waals surface area contributed by atoms with Crippen LogP contribution in [0.15, 0.2) is 18.2 Å². The lowest BCUT2D eigenvalue weighted by Crippen LogP contribution is -2.37. The van der Waals surface area contributed by atoms with Crippen LogP contribution in [0.2, 0.25) is 0 Å². The molecule has 6 heteroatoms. The summed E-state index contributed by atoms with van der Waals surface area (Å²) >= 11 is 0. The van der Waals surface area contributed by atoms with E-state index in [1.165, 1.54) is 6.07 Å². The lowest BCUT2D eigenvalue weighted by atomic mass is 9.82. The zero-order valence-electron chi connectivity index (χ0n) is 10.4. The Morgan fingerprint density at radius 1 is 1.17 bits per heavy atom. The first-order valence-electron chi connectivity index (χ1n) is 5.40. The van der Waals surface area contributed by atoms with Crippen LogP contribution in [0, 0.1) is 11.2 Å². The summed E-state index contributed by atoms with van der Waals surface area (Å²) in [5.74, 6) is 4.08. The summed E-state index contributed by atoms with van der Waals surface area (Å²) in [4.78, 5) is 0. The second kappa shape index (κ2) is 4.85. The van der Waals surface area contributed by atoms with Crippen LogP contribution in [0.4, 0.5) is 17.6 Å². The highest BCUT2D eigenvalue weighted by Crippen LogP contribution is 2.36. The van der Waals surface area contributed by atoms with E-state index >= 15 is 0 Å². The largest absolute Gasteiger partial charge is 0.419 e. The van der Waals surface area contributed by atoms with Crippen LogP contribution >= 0.6 is 0 Å². The number of halogens is 4. The van der Waals surface area contributed by atoms with Crippen LogP contribution < -0.4 is 11.3 Å². The fourth-order valence-corrected chi connectivity index (χ4v) is 1.79. The third kappa shape index (κ3) is 3.20. The molecule has 0 fully saturated rings. The minimum atomic E-state index is -4.68. The molecule has 0 radical (unpaired) electrons. The van der Waals surface area contributed by atoms with Gasteiger partial charge in [-0.3, -0.25) is 11.3 Å².